The molecular formula is C17H19NO2. The van der Waals surface area contributed by atoms with Gasteiger partial charge in [0.05, 0.1) is 7.11 Å². The van der Waals surface area contributed by atoms with Crippen LogP contribution in [0.3, 0.4) is 0 Å². The summed E-state index contributed by atoms with van der Waals surface area (Å²) in [7, 11) is 1.65. The van der Waals surface area contributed by atoms with Gasteiger partial charge in [0.1, 0.15) is 5.75 Å². The quantitative estimate of drug-likeness (QED) is 0.780. The Morgan fingerprint density at radius 3 is 2.50 bits per heavy atom. The van der Waals surface area contributed by atoms with E-state index in [1.54, 1.807) is 19.5 Å². The fraction of sp³-hybridized carbons (Fsp3) is 0.294. The van der Waals surface area contributed by atoms with Crippen molar-refractivity contribution in [3.63, 3.8) is 0 Å². The van der Waals surface area contributed by atoms with E-state index >= 15 is 0 Å². The van der Waals surface area contributed by atoms with Crippen molar-refractivity contribution in [1.29, 1.82) is 0 Å². The van der Waals surface area contributed by atoms with E-state index in [-0.39, 0.29) is 5.78 Å². The maximum Gasteiger partial charge on any atom is 0.163 e. The Bertz CT molecular complexity index is 606. The van der Waals surface area contributed by atoms with Crippen LogP contribution in [-0.2, 0) is 6.42 Å². The number of hydrogen-bond acceptors (Lipinski definition) is 3. The molecule has 2 rings (SSSR count). The fourth-order valence-electron chi connectivity index (χ4n) is 2.25. The average Bonchev–Trinajstić information content (AvgIpc) is 2.47. The molecule has 1 aromatic heterocycles. The number of pyridine rings is 1. The highest BCUT2D eigenvalue weighted by Gasteiger charge is 2.12. The third-order valence-corrected chi connectivity index (χ3v) is 3.43. The lowest BCUT2D eigenvalue weighted by molar-refractivity contribution is 0.0982. The normalized spacial score (nSPS) is 10.3. The summed E-state index contributed by atoms with van der Waals surface area (Å²) in [6.45, 7) is 3.90. The van der Waals surface area contributed by atoms with Gasteiger partial charge in [-0.05, 0) is 61.2 Å². The zero-order valence-corrected chi connectivity index (χ0v) is 12.1. The van der Waals surface area contributed by atoms with Crippen LogP contribution in [0.5, 0.6) is 5.75 Å². The van der Waals surface area contributed by atoms with Gasteiger partial charge < -0.3 is 4.74 Å². The molecular weight excluding hydrogens is 250 g/mol. The number of aromatic nitrogens is 1. The molecule has 104 valence electrons. The minimum Gasteiger partial charge on any atom is -0.496 e. The third kappa shape index (κ3) is 3.23. The Labute approximate surface area is 119 Å². The molecule has 20 heavy (non-hydrogen) atoms. The Morgan fingerprint density at radius 2 is 1.85 bits per heavy atom. The second kappa shape index (κ2) is 6.33. The first-order valence-corrected chi connectivity index (χ1v) is 6.69. The number of ketones is 1. The van der Waals surface area contributed by atoms with Crippen molar-refractivity contribution in [3.05, 3.63) is 58.9 Å². The number of rotatable bonds is 5. The van der Waals surface area contributed by atoms with Crippen molar-refractivity contribution in [2.45, 2.75) is 26.7 Å². The summed E-state index contributed by atoms with van der Waals surface area (Å²) in [5.74, 6) is 0.998. The SMILES string of the molecule is COc1cc(C)c(C(=O)CCc2ccncc2)cc1C. The summed E-state index contributed by atoms with van der Waals surface area (Å²) >= 11 is 0. The number of hydrogen-bond donors (Lipinski definition) is 0. The topological polar surface area (TPSA) is 39.2 Å². The number of carbonyl (C=O) groups is 1. The van der Waals surface area contributed by atoms with Crippen LogP contribution in [0.25, 0.3) is 0 Å². The number of Topliss-reactive ketones (excluding diaryl/α,β-unsaturated/α-hetero) is 1. The summed E-state index contributed by atoms with van der Waals surface area (Å²) in [4.78, 5) is 16.3. The summed E-state index contributed by atoms with van der Waals surface area (Å²) in [6.07, 6.45) is 4.76. The van der Waals surface area contributed by atoms with Gasteiger partial charge in [0, 0.05) is 24.4 Å². The van der Waals surface area contributed by atoms with Crippen molar-refractivity contribution in [2.75, 3.05) is 7.11 Å². The van der Waals surface area contributed by atoms with Crippen molar-refractivity contribution in [3.8, 4) is 5.75 Å². The molecule has 0 spiro atoms. The first-order valence-electron chi connectivity index (χ1n) is 6.69. The van der Waals surface area contributed by atoms with E-state index in [1.807, 2.05) is 38.1 Å². The Hall–Kier alpha value is -2.16. The molecule has 0 saturated carbocycles. The Kier molecular flexibility index (Phi) is 4.51. The van der Waals surface area contributed by atoms with Crippen LogP contribution in [0.15, 0.2) is 36.7 Å². The van der Waals surface area contributed by atoms with E-state index in [0.29, 0.717) is 6.42 Å². The van der Waals surface area contributed by atoms with E-state index < -0.39 is 0 Å². The van der Waals surface area contributed by atoms with E-state index in [0.717, 1.165) is 34.4 Å². The van der Waals surface area contributed by atoms with Crippen molar-refractivity contribution in [2.24, 2.45) is 0 Å². The van der Waals surface area contributed by atoms with E-state index in [9.17, 15) is 4.79 Å². The lowest BCUT2D eigenvalue weighted by Gasteiger charge is -2.10. The standard InChI is InChI=1S/C17H19NO2/c1-12-11-17(20-3)13(2)10-15(12)16(19)5-4-14-6-8-18-9-7-14/h6-11H,4-5H2,1-3H3. The maximum atomic E-state index is 12.3. The van der Waals surface area contributed by atoms with Gasteiger partial charge in [0.15, 0.2) is 5.78 Å². The van der Waals surface area contributed by atoms with Crippen LogP contribution in [0.2, 0.25) is 0 Å². The number of aryl methyl sites for hydroxylation is 3. The molecule has 1 heterocycles. The number of ether oxygens (including phenoxy) is 1. The molecule has 0 N–H and O–H groups in total. The van der Waals surface area contributed by atoms with Crippen LogP contribution in [0.4, 0.5) is 0 Å². The first kappa shape index (κ1) is 14.3. The summed E-state index contributed by atoms with van der Waals surface area (Å²) in [5, 5.41) is 0. The minimum absolute atomic E-state index is 0.171. The summed E-state index contributed by atoms with van der Waals surface area (Å²) in [5.41, 5.74) is 3.88. The molecule has 0 aliphatic rings. The molecule has 0 aliphatic heterocycles. The van der Waals surface area contributed by atoms with Crippen molar-refractivity contribution < 1.29 is 9.53 Å². The average molecular weight is 269 g/mol. The smallest absolute Gasteiger partial charge is 0.163 e. The molecule has 1 aromatic carbocycles. The Morgan fingerprint density at radius 1 is 1.15 bits per heavy atom. The lowest BCUT2D eigenvalue weighted by atomic mass is 9.97. The van der Waals surface area contributed by atoms with Crippen LogP contribution >= 0.6 is 0 Å². The molecule has 0 aliphatic carbocycles. The second-order valence-electron chi connectivity index (χ2n) is 4.92. The molecule has 3 nitrogen and oxygen atoms in total. The predicted octanol–water partition coefficient (Wildman–Crippen LogP) is 3.52. The number of methoxy groups -OCH3 is 1. The molecule has 0 bridgehead atoms. The first-order chi connectivity index (χ1) is 9.61. The van der Waals surface area contributed by atoms with Gasteiger partial charge in [0.2, 0.25) is 0 Å². The molecule has 0 radical (unpaired) electrons. The van der Waals surface area contributed by atoms with Crippen molar-refractivity contribution >= 4 is 5.78 Å². The van der Waals surface area contributed by atoms with Gasteiger partial charge in [-0.2, -0.15) is 0 Å². The Balaban J connectivity index is 2.11. The highest BCUT2D eigenvalue weighted by Crippen LogP contribution is 2.23. The van der Waals surface area contributed by atoms with E-state index in [4.69, 9.17) is 4.74 Å². The monoisotopic (exact) mass is 269 g/mol. The van der Waals surface area contributed by atoms with Crippen LogP contribution < -0.4 is 4.74 Å². The molecule has 0 saturated heterocycles. The lowest BCUT2D eigenvalue weighted by Crippen LogP contribution is -2.05. The number of nitrogens with zero attached hydrogens (tertiary/aromatic N) is 1. The van der Waals surface area contributed by atoms with Crippen molar-refractivity contribution in [1.82, 2.24) is 4.98 Å². The van der Waals surface area contributed by atoms with Crippen LogP contribution in [-0.4, -0.2) is 17.9 Å². The predicted molar refractivity (Wildman–Crippen MR) is 79.4 cm³/mol. The highest BCUT2D eigenvalue weighted by molar-refractivity contribution is 5.98. The molecule has 3 heteroatoms. The number of benzene rings is 1. The van der Waals surface area contributed by atoms with Gasteiger partial charge >= 0.3 is 0 Å². The van der Waals surface area contributed by atoms with Crippen LogP contribution in [0, 0.1) is 13.8 Å². The minimum atomic E-state index is 0.171. The largest absolute Gasteiger partial charge is 0.496 e. The van der Waals surface area contributed by atoms with Gasteiger partial charge in [0.25, 0.3) is 0 Å². The maximum absolute atomic E-state index is 12.3. The summed E-state index contributed by atoms with van der Waals surface area (Å²) < 4.78 is 5.27. The van der Waals surface area contributed by atoms with E-state index in [2.05, 4.69) is 4.98 Å². The molecule has 2 aromatic rings. The second-order valence-corrected chi connectivity index (χ2v) is 4.92. The molecule has 0 unspecified atom stereocenters. The molecule has 0 atom stereocenters. The summed E-state index contributed by atoms with van der Waals surface area (Å²) in [6, 6.07) is 7.73. The number of carbonyl (C=O) groups excluding carboxylic acids is 1. The fourth-order valence-corrected chi connectivity index (χ4v) is 2.25. The zero-order valence-electron chi connectivity index (χ0n) is 12.1. The van der Waals surface area contributed by atoms with Gasteiger partial charge in [-0.3, -0.25) is 9.78 Å². The third-order valence-electron chi connectivity index (χ3n) is 3.43. The van der Waals surface area contributed by atoms with Gasteiger partial charge in [-0.15, -0.1) is 0 Å². The highest BCUT2D eigenvalue weighted by atomic mass is 16.5. The molecule has 0 fully saturated rings. The zero-order chi connectivity index (χ0) is 14.5. The van der Waals surface area contributed by atoms with Gasteiger partial charge in [-0.25, -0.2) is 0 Å². The van der Waals surface area contributed by atoms with Crippen LogP contribution in [0.1, 0.15) is 33.5 Å². The van der Waals surface area contributed by atoms with Gasteiger partial charge in [-0.1, -0.05) is 0 Å². The van der Waals surface area contributed by atoms with E-state index in [1.165, 1.54) is 0 Å². The molecule has 0 amide bonds.